The number of para-hydroxylation sites is 1. The minimum absolute atomic E-state index is 0.217. The molecule has 0 aliphatic rings. The van der Waals surface area contributed by atoms with Crippen LogP contribution in [0, 0.1) is 34.9 Å². The lowest BCUT2D eigenvalue weighted by atomic mass is 9.98. The maximum atomic E-state index is 14.7. The Hall–Kier alpha value is -7.98. The van der Waals surface area contributed by atoms with Crippen molar-refractivity contribution in [1.82, 2.24) is 4.40 Å². The highest BCUT2D eigenvalue weighted by molar-refractivity contribution is 6.32. The molecule has 9 aromatic carbocycles. The van der Waals surface area contributed by atoms with Gasteiger partial charge in [-0.25, -0.2) is 26.3 Å². The predicted molar refractivity (Wildman–Crippen MR) is 235 cm³/mol. The van der Waals surface area contributed by atoms with Gasteiger partial charge in [-0.15, -0.1) is 0 Å². The maximum absolute atomic E-state index is 14.7. The molecule has 0 atom stereocenters. The lowest BCUT2D eigenvalue weighted by Crippen LogP contribution is -2.10. The highest BCUT2D eigenvalue weighted by Gasteiger charge is 2.24. The Balaban J connectivity index is 1.06. The molecule has 0 aliphatic carbocycles. The number of aromatic nitrogens is 1. The van der Waals surface area contributed by atoms with Crippen LogP contribution < -0.4 is 9.80 Å². The standard InChI is InChI=1S/C52H27F6N3O/c53-28-4-8-34(9-5-28)59(38-22-30(55)20-31(56)23-38)36-12-14-40-43-2-1-3-45-50-41-17-19-48-51(42(41)16-18-46(50)61(52(43)45)47(40)26-36)44-15-13-37(27-49(44)62-48)60(35-10-6-29(54)7-11-35)39-24-32(57)21-33(58)25-39/h1-27H. The molecule has 12 rings (SSSR count). The van der Waals surface area contributed by atoms with Crippen molar-refractivity contribution >= 4 is 105 Å². The Morgan fingerprint density at radius 1 is 0.323 bits per heavy atom. The van der Waals surface area contributed by atoms with E-state index < -0.39 is 34.9 Å². The zero-order valence-corrected chi connectivity index (χ0v) is 32.1. The second kappa shape index (κ2) is 13.3. The molecule has 298 valence electrons. The van der Waals surface area contributed by atoms with Gasteiger partial charge in [-0.05, 0) is 126 Å². The van der Waals surface area contributed by atoms with Crippen LogP contribution in [0.5, 0.6) is 0 Å². The highest BCUT2D eigenvalue weighted by atomic mass is 19.2. The molecular formula is C52H27F6N3O. The average Bonchev–Trinajstić information content (AvgIpc) is 3.91. The van der Waals surface area contributed by atoms with E-state index in [1.54, 1.807) is 34.1 Å². The second-order valence-corrected chi connectivity index (χ2v) is 15.4. The van der Waals surface area contributed by atoms with Crippen molar-refractivity contribution in [3.8, 4) is 0 Å². The van der Waals surface area contributed by atoms with E-state index in [0.29, 0.717) is 33.9 Å². The Kier molecular flexibility index (Phi) is 7.68. The molecule has 0 saturated heterocycles. The van der Waals surface area contributed by atoms with Gasteiger partial charge in [-0.1, -0.05) is 30.3 Å². The number of benzene rings is 9. The average molecular weight is 824 g/mol. The fourth-order valence-electron chi connectivity index (χ4n) is 9.32. The van der Waals surface area contributed by atoms with Gasteiger partial charge in [0.05, 0.1) is 27.9 Å². The molecule has 0 amide bonds. The minimum atomic E-state index is -0.751. The summed E-state index contributed by atoms with van der Waals surface area (Å²) in [6.07, 6.45) is 0. The van der Waals surface area contributed by atoms with E-state index in [1.807, 2.05) is 54.6 Å². The fraction of sp³-hybridized carbons (Fsp3) is 0. The first-order valence-corrected chi connectivity index (χ1v) is 19.7. The van der Waals surface area contributed by atoms with Crippen LogP contribution in [0.25, 0.3) is 70.8 Å². The van der Waals surface area contributed by atoms with Crippen molar-refractivity contribution in [3.05, 3.63) is 199 Å². The highest BCUT2D eigenvalue weighted by Crippen LogP contribution is 2.47. The summed E-state index contributed by atoms with van der Waals surface area (Å²) in [6, 6.07) is 43.8. The van der Waals surface area contributed by atoms with Gasteiger partial charge < -0.3 is 18.6 Å². The molecule has 0 bridgehead atoms. The summed E-state index contributed by atoms with van der Waals surface area (Å²) in [5.41, 5.74) is 6.69. The van der Waals surface area contributed by atoms with E-state index in [1.165, 1.54) is 48.5 Å². The van der Waals surface area contributed by atoms with Crippen LogP contribution >= 0.6 is 0 Å². The molecule has 0 unspecified atom stereocenters. The molecule has 4 nitrogen and oxygen atoms in total. The third-order valence-electron chi connectivity index (χ3n) is 11.8. The van der Waals surface area contributed by atoms with Crippen molar-refractivity contribution in [2.75, 3.05) is 9.80 Å². The van der Waals surface area contributed by atoms with E-state index in [9.17, 15) is 26.3 Å². The van der Waals surface area contributed by atoms with Crippen LogP contribution in [-0.2, 0) is 0 Å². The van der Waals surface area contributed by atoms with Crippen LogP contribution in [0.15, 0.2) is 168 Å². The largest absolute Gasteiger partial charge is 0.456 e. The Morgan fingerprint density at radius 3 is 1.44 bits per heavy atom. The zero-order valence-electron chi connectivity index (χ0n) is 32.1. The summed E-state index contributed by atoms with van der Waals surface area (Å²) in [5, 5.41) is 7.77. The third kappa shape index (κ3) is 5.42. The van der Waals surface area contributed by atoms with Crippen LogP contribution in [0.4, 0.5) is 60.5 Å². The Morgan fingerprint density at radius 2 is 0.823 bits per heavy atom. The number of hydrogen-bond donors (Lipinski definition) is 0. The number of furan rings is 1. The number of fused-ring (bicyclic) bond motifs is 12. The number of halogens is 6. The van der Waals surface area contributed by atoms with Crippen LogP contribution in [0.2, 0.25) is 0 Å². The molecule has 0 fully saturated rings. The fourth-order valence-corrected chi connectivity index (χ4v) is 9.32. The number of anilines is 6. The minimum Gasteiger partial charge on any atom is -0.456 e. The Bertz CT molecular complexity index is 3740. The normalized spacial score (nSPS) is 12.0. The lowest BCUT2D eigenvalue weighted by Gasteiger charge is -2.25. The quantitative estimate of drug-likeness (QED) is 0.156. The van der Waals surface area contributed by atoms with E-state index >= 15 is 0 Å². The van der Waals surface area contributed by atoms with Gasteiger partial charge in [-0.3, -0.25) is 0 Å². The maximum Gasteiger partial charge on any atom is 0.137 e. The van der Waals surface area contributed by atoms with Gasteiger partial charge in [0, 0.05) is 73.3 Å². The first kappa shape index (κ1) is 35.9. The van der Waals surface area contributed by atoms with Crippen molar-refractivity contribution in [3.63, 3.8) is 0 Å². The number of nitrogens with zero attached hydrogens (tertiary/aromatic N) is 3. The summed E-state index contributed by atoms with van der Waals surface area (Å²) in [7, 11) is 0. The molecule has 0 saturated carbocycles. The SMILES string of the molecule is Fc1ccc(N(c2cc(F)cc(F)c2)c2ccc3c(c2)oc2ccc4c(ccc5c4c4cccc6c7ccc(N(c8ccc(F)cc8)c8cc(F)cc(F)c8)cc7n5c64)c23)cc1. The van der Waals surface area contributed by atoms with E-state index in [2.05, 4.69) is 28.7 Å². The van der Waals surface area contributed by atoms with E-state index in [-0.39, 0.29) is 11.4 Å². The van der Waals surface area contributed by atoms with Gasteiger partial charge in [0.25, 0.3) is 0 Å². The zero-order chi connectivity index (χ0) is 42.0. The van der Waals surface area contributed by atoms with Gasteiger partial charge in [0.1, 0.15) is 46.1 Å². The lowest BCUT2D eigenvalue weighted by molar-refractivity contribution is 0.583. The molecule has 12 aromatic rings. The summed E-state index contributed by atoms with van der Waals surface area (Å²) < 4.78 is 95.4. The van der Waals surface area contributed by atoms with Crippen LogP contribution in [-0.4, -0.2) is 4.40 Å². The van der Waals surface area contributed by atoms with Gasteiger partial charge in [-0.2, -0.15) is 0 Å². The number of rotatable bonds is 6. The molecule has 3 heterocycles. The number of hydrogen-bond acceptors (Lipinski definition) is 3. The first-order chi connectivity index (χ1) is 30.2. The topological polar surface area (TPSA) is 24.0 Å². The summed E-state index contributed by atoms with van der Waals surface area (Å²) in [4.78, 5) is 3.35. The molecule has 62 heavy (non-hydrogen) atoms. The molecular weight excluding hydrogens is 797 g/mol. The van der Waals surface area contributed by atoms with E-state index in [0.717, 1.165) is 71.8 Å². The predicted octanol–water partition coefficient (Wildman–Crippen LogP) is 15.7. The van der Waals surface area contributed by atoms with Crippen molar-refractivity contribution in [1.29, 1.82) is 0 Å². The van der Waals surface area contributed by atoms with Crippen molar-refractivity contribution in [2.24, 2.45) is 0 Å². The van der Waals surface area contributed by atoms with Crippen molar-refractivity contribution < 1.29 is 30.8 Å². The molecule has 10 heteroatoms. The van der Waals surface area contributed by atoms with Crippen molar-refractivity contribution in [2.45, 2.75) is 0 Å². The van der Waals surface area contributed by atoms with Crippen LogP contribution in [0.3, 0.4) is 0 Å². The molecule has 0 N–H and O–H groups in total. The summed E-state index contributed by atoms with van der Waals surface area (Å²) >= 11 is 0. The van der Waals surface area contributed by atoms with Gasteiger partial charge >= 0.3 is 0 Å². The summed E-state index contributed by atoms with van der Waals surface area (Å²) in [5.74, 6) is -3.86. The molecule has 0 aliphatic heterocycles. The monoisotopic (exact) mass is 823 g/mol. The third-order valence-corrected chi connectivity index (χ3v) is 11.8. The molecule has 0 radical (unpaired) electrons. The van der Waals surface area contributed by atoms with Gasteiger partial charge in [0.2, 0.25) is 0 Å². The molecule has 3 aromatic heterocycles. The molecule has 0 spiro atoms. The second-order valence-electron chi connectivity index (χ2n) is 15.4. The van der Waals surface area contributed by atoms with Gasteiger partial charge in [0.15, 0.2) is 0 Å². The summed E-state index contributed by atoms with van der Waals surface area (Å²) in [6.45, 7) is 0. The van der Waals surface area contributed by atoms with E-state index in [4.69, 9.17) is 4.42 Å². The van der Waals surface area contributed by atoms with Crippen LogP contribution in [0.1, 0.15) is 0 Å². The Labute approximate surface area is 347 Å². The smallest absolute Gasteiger partial charge is 0.137 e. The first-order valence-electron chi connectivity index (χ1n) is 19.7.